The van der Waals surface area contributed by atoms with Crippen molar-refractivity contribution in [2.45, 2.75) is 58.1 Å². The normalized spacial score (nSPS) is 14.3. The second-order valence-electron chi connectivity index (χ2n) is 5.19. The molecule has 0 aromatic rings. The molecule has 0 heterocycles. The van der Waals surface area contributed by atoms with E-state index in [4.69, 9.17) is 0 Å². The van der Waals surface area contributed by atoms with Crippen LogP contribution in [0, 0.1) is 5.41 Å². The van der Waals surface area contributed by atoms with Gasteiger partial charge in [-0.15, -0.1) is 0 Å². The summed E-state index contributed by atoms with van der Waals surface area (Å²) in [7, 11) is 0. The molecule has 0 N–H and O–H groups in total. The van der Waals surface area contributed by atoms with Crippen LogP contribution in [0.2, 0.25) is 0 Å². The molecule has 0 aliphatic rings. The molecule has 0 saturated carbocycles. The van der Waals surface area contributed by atoms with Gasteiger partial charge >= 0.3 is 18.0 Å². The molecule has 18 heavy (non-hydrogen) atoms. The second kappa shape index (κ2) is 6.63. The van der Waals surface area contributed by atoms with E-state index in [0.29, 0.717) is 0 Å². The Morgan fingerprint density at radius 3 is 1.39 bits per heavy atom. The molecule has 0 aliphatic heterocycles. The maximum absolute atomic E-state index is 12.8. The third-order valence-electron chi connectivity index (χ3n) is 2.23. The van der Waals surface area contributed by atoms with Gasteiger partial charge < -0.3 is 0 Å². The van der Waals surface area contributed by atoms with Crippen LogP contribution in [0.1, 0.15) is 40.0 Å². The van der Waals surface area contributed by atoms with E-state index in [1.807, 2.05) is 0 Å². The van der Waals surface area contributed by atoms with Gasteiger partial charge in [0.25, 0.3) is 0 Å². The summed E-state index contributed by atoms with van der Waals surface area (Å²) in [6, 6.07) is 0. The molecule has 0 spiro atoms. The van der Waals surface area contributed by atoms with Crippen LogP contribution < -0.4 is 0 Å². The van der Waals surface area contributed by atoms with Gasteiger partial charge in [-0.3, -0.25) is 0 Å². The molecule has 0 saturated heterocycles. The van der Waals surface area contributed by atoms with Crippen molar-refractivity contribution in [3.05, 3.63) is 0 Å². The Labute approximate surface area is 139 Å². The van der Waals surface area contributed by atoms with Crippen LogP contribution in [0.4, 0.5) is 30.7 Å². The number of hydrogen-bond acceptors (Lipinski definition) is 0. The molecular formula is C10H15F7Sr. The van der Waals surface area contributed by atoms with Gasteiger partial charge in [0.15, 0.2) is 0 Å². The molecule has 0 rings (SSSR count). The van der Waals surface area contributed by atoms with Crippen LogP contribution in [0.3, 0.4) is 0 Å². The molecular weight excluding hydrogens is 341 g/mol. The van der Waals surface area contributed by atoms with Crippen molar-refractivity contribution in [1.29, 1.82) is 0 Å². The second-order valence-corrected chi connectivity index (χ2v) is 5.19. The zero-order valence-corrected chi connectivity index (χ0v) is 14.0. The predicted octanol–water partition coefficient (Wildman–Crippen LogP) is 4.65. The molecule has 0 bridgehead atoms. The monoisotopic (exact) mass is 356 g/mol. The zero-order chi connectivity index (χ0) is 14.1. The van der Waals surface area contributed by atoms with Crippen molar-refractivity contribution in [1.82, 2.24) is 0 Å². The summed E-state index contributed by atoms with van der Waals surface area (Å²) in [5.74, 6) is -11.0. The fraction of sp³-hybridized carbons (Fsp3) is 1.00. The molecule has 0 aliphatic carbocycles. The standard InChI is InChI=1S/C10H15F7.Sr/c1-7(2,3)5-4-6-8(11,12)9(13,14)10(15,16)17;/h4-6H2,1-3H3;. The van der Waals surface area contributed by atoms with Crippen molar-refractivity contribution in [2.24, 2.45) is 5.41 Å². The van der Waals surface area contributed by atoms with Crippen LogP contribution in [0.15, 0.2) is 0 Å². The third kappa shape index (κ3) is 5.96. The molecule has 8 heteroatoms. The van der Waals surface area contributed by atoms with Crippen molar-refractivity contribution >= 4 is 45.5 Å². The van der Waals surface area contributed by atoms with Crippen molar-refractivity contribution in [3.63, 3.8) is 0 Å². The average molecular weight is 356 g/mol. The molecule has 0 amide bonds. The first-order chi connectivity index (χ1) is 7.21. The van der Waals surface area contributed by atoms with Crippen LogP contribution in [-0.2, 0) is 0 Å². The average Bonchev–Trinajstić information content (AvgIpc) is 1.98. The number of alkyl halides is 7. The zero-order valence-electron chi connectivity index (χ0n) is 10.5. The Bertz CT molecular complexity index is 252. The smallest absolute Gasteiger partial charge is 0.200 e. The Kier molecular flexibility index (Phi) is 7.84. The number of hydrogen-bond donors (Lipinski definition) is 0. The SMILES string of the molecule is CC(C)(C)CCCC(F)(F)C(F)(F)C(F)(F)F.[Sr]. The maximum Gasteiger partial charge on any atom is 0.459 e. The fourth-order valence-electron chi connectivity index (χ4n) is 1.21. The first-order valence-electron chi connectivity index (χ1n) is 5.03. The molecule has 0 aromatic carbocycles. The molecule has 2 radical (unpaired) electrons. The largest absolute Gasteiger partial charge is 0.459 e. The topological polar surface area (TPSA) is 0 Å². The molecule has 106 valence electrons. The van der Waals surface area contributed by atoms with Crippen molar-refractivity contribution in [3.8, 4) is 0 Å². The first kappa shape index (κ1) is 21.3. The van der Waals surface area contributed by atoms with Crippen LogP contribution >= 0.6 is 0 Å². The number of halogens is 7. The van der Waals surface area contributed by atoms with E-state index in [-0.39, 0.29) is 63.7 Å². The van der Waals surface area contributed by atoms with Gasteiger partial charge in [-0.25, -0.2) is 0 Å². The van der Waals surface area contributed by atoms with E-state index in [0.717, 1.165) is 0 Å². The Morgan fingerprint density at radius 1 is 0.722 bits per heavy atom. The van der Waals surface area contributed by atoms with Gasteiger partial charge in [0, 0.05) is 51.9 Å². The van der Waals surface area contributed by atoms with Gasteiger partial charge in [-0.2, -0.15) is 30.7 Å². The summed E-state index contributed by atoms with van der Waals surface area (Å²) >= 11 is 0. The van der Waals surface area contributed by atoms with Crippen LogP contribution in [0.25, 0.3) is 0 Å². The molecule has 0 nitrogen and oxygen atoms in total. The minimum absolute atomic E-state index is 0. The molecule has 0 fully saturated rings. The summed E-state index contributed by atoms with van der Waals surface area (Å²) in [6.45, 7) is 5.06. The van der Waals surface area contributed by atoms with E-state index < -0.39 is 24.4 Å². The summed E-state index contributed by atoms with van der Waals surface area (Å²) in [6.07, 6.45) is -7.94. The van der Waals surface area contributed by atoms with Gasteiger partial charge in [0.05, 0.1) is 0 Å². The summed E-state index contributed by atoms with van der Waals surface area (Å²) in [4.78, 5) is 0. The van der Waals surface area contributed by atoms with E-state index in [2.05, 4.69) is 0 Å². The van der Waals surface area contributed by atoms with Gasteiger partial charge in [0.1, 0.15) is 0 Å². The summed E-state index contributed by atoms with van der Waals surface area (Å²) in [5.41, 5.74) is -0.385. The van der Waals surface area contributed by atoms with Crippen LogP contribution in [0.5, 0.6) is 0 Å². The Hall–Kier alpha value is 0.991. The van der Waals surface area contributed by atoms with E-state index in [1.165, 1.54) is 0 Å². The molecule has 0 unspecified atom stereocenters. The third-order valence-corrected chi connectivity index (χ3v) is 2.23. The number of rotatable bonds is 4. The van der Waals surface area contributed by atoms with Crippen molar-refractivity contribution in [2.75, 3.05) is 0 Å². The van der Waals surface area contributed by atoms with Crippen molar-refractivity contribution < 1.29 is 30.7 Å². The maximum atomic E-state index is 12.8. The first-order valence-corrected chi connectivity index (χ1v) is 5.03. The minimum atomic E-state index is -6.22. The predicted molar refractivity (Wildman–Crippen MR) is 55.0 cm³/mol. The Balaban J connectivity index is 0. The van der Waals surface area contributed by atoms with E-state index in [9.17, 15) is 30.7 Å². The summed E-state index contributed by atoms with van der Waals surface area (Å²) in [5, 5.41) is 0. The molecule has 0 atom stereocenters. The van der Waals surface area contributed by atoms with E-state index >= 15 is 0 Å². The quantitative estimate of drug-likeness (QED) is 0.508. The minimum Gasteiger partial charge on any atom is -0.200 e. The van der Waals surface area contributed by atoms with Gasteiger partial charge in [-0.05, 0) is 18.3 Å². The fourth-order valence-corrected chi connectivity index (χ4v) is 1.21. The van der Waals surface area contributed by atoms with Gasteiger partial charge in [-0.1, -0.05) is 20.8 Å². The van der Waals surface area contributed by atoms with E-state index in [1.54, 1.807) is 20.8 Å². The summed E-state index contributed by atoms with van der Waals surface area (Å²) < 4.78 is 85.8. The molecule has 0 aromatic heterocycles. The van der Waals surface area contributed by atoms with Gasteiger partial charge in [0.2, 0.25) is 0 Å². The Morgan fingerprint density at radius 2 is 1.11 bits per heavy atom. The van der Waals surface area contributed by atoms with Crippen LogP contribution in [-0.4, -0.2) is 63.5 Å².